The van der Waals surface area contributed by atoms with Gasteiger partial charge < -0.3 is 13.3 Å². The van der Waals surface area contributed by atoms with Crippen molar-refractivity contribution in [3.05, 3.63) is 49.2 Å². The molecule has 0 aliphatic carbocycles. The first kappa shape index (κ1) is 13.3. The maximum Gasteiger partial charge on any atom is 3.00 e. The molecule has 0 bridgehead atoms. The van der Waals surface area contributed by atoms with E-state index in [0.717, 1.165) is 12.8 Å². The van der Waals surface area contributed by atoms with Crippen LogP contribution in [0.2, 0.25) is 0 Å². The fraction of sp³-hybridized carbons (Fsp3) is 0.333. The second-order valence-electron chi connectivity index (χ2n) is 2.88. The number of hydrogen-bond acceptors (Lipinski definition) is 0. The Kier molecular flexibility index (Phi) is 9.12. The van der Waals surface area contributed by atoms with Crippen LogP contribution in [0.4, 0.5) is 0 Å². The van der Waals surface area contributed by atoms with Crippen LogP contribution in [0.1, 0.15) is 24.8 Å². The van der Waals surface area contributed by atoms with Gasteiger partial charge in [-0.15, -0.1) is 6.42 Å². The first-order valence-corrected chi connectivity index (χ1v) is 4.50. The van der Waals surface area contributed by atoms with Gasteiger partial charge in [0.15, 0.2) is 0 Å². The van der Waals surface area contributed by atoms with Crippen molar-refractivity contribution >= 4 is 0 Å². The summed E-state index contributed by atoms with van der Waals surface area (Å²) in [6.07, 6.45) is 6.76. The number of unbranched alkanes of at least 4 members (excludes halogenated alkanes) is 3. The fourth-order valence-electron chi connectivity index (χ4n) is 1.10. The predicted molar refractivity (Wildman–Crippen MR) is 52.5 cm³/mol. The van der Waals surface area contributed by atoms with Gasteiger partial charge in [-0.05, 0) is 0 Å². The maximum atomic E-state index is 3.80. The molecule has 1 aromatic carbocycles. The molecule has 13 heavy (non-hydrogen) atoms. The zero-order valence-corrected chi connectivity index (χ0v) is 10.8. The molecule has 0 saturated carbocycles. The van der Waals surface area contributed by atoms with Gasteiger partial charge >= 0.3 is 32.7 Å². The summed E-state index contributed by atoms with van der Waals surface area (Å²) in [5.74, 6) is 0. The zero-order chi connectivity index (χ0) is 8.65. The zero-order valence-electron chi connectivity index (χ0n) is 8.00. The molecular weight excluding hydrogens is 233 g/mol. The Hall–Kier alpha value is 0.324. The van der Waals surface area contributed by atoms with Crippen LogP contribution in [0.15, 0.2) is 24.3 Å². The minimum absolute atomic E-state index is 0. The Morgan fingerprint density at radius 1 is 1.38 bits per heavy atom. The van der Waals surface area contributed by atoms with Crippen LogP contribution in [-0.2, 0) is 39.1 Å². The molecular formula is C12H15Y. The van der Waals surface area contributed by atoms with Crippen LogP contribution in [0.25, 0.3) is 0 Å². The van der Waals surface area contributed by atoms with E-state index in [2.05, 4.69) is 31.5 Å². The third-order valence-electron chi connectivity index (χ3n) is 1.80. The number of benzene rings is 1. The summed E-state index contributed by atoms with van der Waals surface area (Å²) in [6, 6.07) is 11.3. The molecule has 0 saturated heterocycles. The first-order chi connectivity index (χ1) is 5.93. The molecule has 0 heterocycles. The molecule has 0 N–H and O–H groups in total. The molecule has 0 aliphatic heterocycles. The summed E-state index contributed by atoms with van der Waals surface area (Å²) in [5, 5.41) is 0. The predicted octanol–water partition coefficient (Wildman–Crippen LogP) is 3.24. The SMILES string of the molecule is [CH2-]CCC[CH-]Cc1[c-]cccc1.[Y+3]. The Morgan fingerprint density at radius 3 is 2.85 bits per heavy atom. The molecule has 0 fully saturated rings. The maximum absolute atomic E-state index is 3.80. The molecule has 0 aromatic heterocycles. The molecule has 0 atom stereocenters. The van der Waals surface area contributed by atoms with Crippen LogP contribution >= 0.6 is 0 Å². The van der Waals surface area contributed by atoms with Crippen LogP contribution in [-0.4, -0.2) is 0 Å². The molecule has 1 aromatic rings. The van der Waals surface area contributed by atoms with E-state index in [-0.39, 0.29) is 32.7 Å². The van der Waals surface area contributed by atoms with E-state index >= 15 is 0 Å². The van der Waals surface area contributed by atoms with Crippen molar-refractivity contribution in [3.8, 4) is 0 Å². The second kappa shape index (κ2) is 8.90. The topological polar surface area (TPSA) is 0 Å². The Bertz CT molecular complexity index is 194. The second-order valence-corrected chi connectivity index (χ2v) is 2.88. The van der Waals surface area contributed by atoms with Gasteiger partial charge in [0.05, 0.1) is 0 Å². The molecule has 0 amide bonds. The van der Waals surface area contributed by atoms with Gasteiger partial charge in [0.1, 0.15) is 0 Å². The Labute approximate surface area is 107 Å². The average molecular weight is 248 g/mol. The molecule has 0 unspecified atom stereocenters. The van der Waals surface area contributed by atoms with Crippen molar-refractivity contribution < 1.29 is 32.7 Å². The van der Waals surface area contributed by atoms with Crippen LogP contribution < -0.4 is 0 Å². The van der Waals surface area contributed by atoms with Gasteiger partial charge in [-0.3, -0.25) is 0 Å². The molecule has 0 radical (unpaired) electrons. The normalized spacial score (nSPS) is 9.31. The van der Waals surface area contributed by atoms with Gasteiger partial charge in [-0.1, -0.05) is 0 Å². The van der Waals surface area contributed by atoms with Crippen LogP contribution in [0.5, 0.6) is 0 Å². The standard InChI is InChI=1S/C12H15.Y/c1-2-3-4-6-9-12-10-7-5-8-11-12;/h5-8,10H,1-4,9H2;/q-3;+3. The van der Waals surface area contributed by atoms with Gasteiger partial charge in [-0.2, -0.15) is 55.2 Å². The fourth-order valence-corrected chi connectivity index (χ4v) is 1.10. The van der Waals surface area contributed by atoms with E-state index in [9.17, 15) is 0 Å². The van der Waals surface area contributed by atoms with E-state index in [1.165, 1.54) is 18.4 Å². The summed E-state index contributed by atoms with van der Waals surface area (Å²) in [5.41, 5.74) is 1.28. The minimum atomic E-state index is 0. The van der Waals surface area contributed by atoms with E-state index in [1.54, 1.807) is 0 Å². The summed E-state index contributed by atoms with van der Waals surface area (Å²) in [7, 11) is 0. The summed E-state index contributed by atoms with van der Waals surface area (Å²) in [4.78, 5) is 0. The van der Waals surface area contributed by atoms with Crippen molar-refractivity contribution in [2.24, 2.45) is 0 Å². The van der Waals surface area contributed by atoms with Crippen molar-refractivity contribution in [2.45, 2.75) is 25.7 Å². The van der Waals surface area contributed by atoms with Gasteiger partial charge in [-0.25, -0.2) is 0 Å². The summed E-state index contributed by atoms with van der Waals surface area (Å²) in [6.45, 7) is 3.80. The average Bonchev–Trinajstić information content (AvgIpc) is 2.14. The minimum Gasteiger partial charge on any atom is -0.343 e. The number of rotatable bonds is 5. The van der Waals surface area contributed by atoms with Crippen molar-refractivity contribution in [3.63, 3.8) is 0 Å². The Morgan fingerprint density at radius 2 is 2.23 bits per heavy atom. The van der Waals surface area contributed by atoms with E-state index in [4.69, 9.17) is 0 Å². The quantitative estimate of drug-likeness (QED) is 0.554. The summed E-state index contributed by atoms with van der Waals surface area (Å²) < 4.78 is 0. The van der Waals surface area contributed by atoms with Gasteiger partial charge in [0.2, 0.25) is 0 Å². The van der Waals surface area contributed by atoms with Gasteiger partial charge in [0, 0.05) is 0 Å². The van der Waals surface area contributed by atoms with Crippen LogP contribution in [0.3, 0.4) is 0 Å². The molecule has 0 spiro atoms. The third kappa shape index (κ3) is 6.40. The van der Waals surface area contributed by atoms with Crippen molar-refractivity contribution in [1.29, 1.82) is 0 Å². The Balaban J connectivity index is 0.00000144. The molecule has 0 nitrogen and oxygen atoms in total. The molecule has 0 aliphatic rings. The van der Waals surface area contributed by atoms with Gasteiger partial charge in [0.25, 0.3) is 0 Å². The summed E-state index contributed by atoms with van der Waals surface area (Å²) >= 11 is 0. The molecule has 1 rings (SSSR count). The number of hydrogen-bond donors (Lipinski definition) is 0. The molecule has 1 heteroatoms. The third-order valence-corrected chi connectivity index (χ3v) is 1.80. The first-order valence-electron chi connectivity index (χ1n) is 4.50. The van der Waals surface area contributed by atoms with E-state index in [1.807, 2.05) is 12.1 Å². The monoisotopic (exact) mass is 248 g/mol. The van der Waals surface area contributed by atoms with Crippen LogP contribution in [0, 0.1) is 19.4 Å². The molecule has 66 valence electrons. The van der Waals surface area contributed by atoms with E-state index in [0.29, 0.717) is 0 Å². The van der Waals surface area contributed by atoms with Crippen molar-refractivity contribution in [1.82, 2.24) is 0 Å². The van der Waals surface area contributed by atoms with Crippen molar-refractivity contribution in [2.75, 3.05) is 0 Å². The van der Waals surface area contributed by atoms with E-state index < -0.39 is 0 Å². The smallest absolute Gasteiger partial charge is 0.343 e. The largest absolute Gasteiger partial charge is 3.00 e.